The highest BCUT2D eigenvalue weighted by molar-refractivity contribution is 5.88. The van der Waals surface area contributed by atoms with Gasteiger partial charge in [0, 0.05) is 19.6 Å². The summed E-state index contributed by atoms with van der Waals surface area (Å²) in [6.45, 7) is 4.16. The lowest BCUT2D eigenvalue weighted by Crippen LogP contribution is -2.49. The molecule has 0 spiro atoms. The Morgan fingerprint density at radius 1 is 1.40 bits per heavy atom. The molecule has 0 radical (unpaired) electrons. The van der Waals surface area contributed by atoms with Crippen molar-refractivity contribution in [3.63, 3.8) is 0 Å². The van der Waals surface area contributed by atoms with Crippen molar-refractivity contribution < 1.29 is 14.3 Å². The number of carbonyl (C=O) groups is 2. The van der Waals surface area contributed by atoms with Gasteiger partial charge in [-0.05, 0) is 12.5 Å². The molecule has 1 heterocycles. The smallest absolute Gasteiger partial charge is 0.252 e. The third kappa shape index (κ3) is 3.81. The first-order valence-corrected chi connectivity index (χ1v) is 6.91. The highest BCUT2D eigenvalue weighted by Crippen LogP contribution is 2.10. The summed E-state index contributed by atoms with van der Waals surface area (Å²) in [7, 11) is 0. The maximum atomic E-state index is 12.0. The fourth-order valence-corrected chi connectivity index (χ4v) is 2.19. The normalized spacial score (nSPS) is 18.9. The molecule has 1 aromatic rings. The minimum absolute atomic E-state index is 0.0855. The molecule has 1 saturated heterocycles. The van der Waals surface area contributed by atoms with Crippen LogP contribution in [0.1, 0.15) is 18.9 Å². The number of hydrogen-bond acceptors (Lipinski definition) is 3. The predicted octanol–water partition coefficient (Wildman–Crippen LogP) is 0.940. The lowest BCUT2D eigenvalue weighted by molar-refractivity contribution is -0.155. The fourth-order valence-electron chi connectivity index (χ4n) is 2.19. The first-order valence-electron chi connectivity index (χ1n) is 6.91. The number of hydrogen-bond donors (Lipinski definition) is 1. The number of nitrogens with zero attached hydrogens (tertiary/aromatic N) is 1. The Labute approximate surface area is 118 Å². The molecule has 1 atom stereocenters. The summed E-state index contributed by atoms with van der Waals surface area (Å²) >= 11 is 0. The monoisotopic (exact) mass is 276 g/mol. The molecule has 1 aromatic carbocycles. The molecular weight excluding hydrogens is 256 g/mol. The molecule has 5 nitrogen and oxygen atoms in total. The van der Waals surface area contributed by atoms with Crippen LogP contribution in [0, 0.1) is 0 Å². The van der Waals surface area contributed by atoms with Crippen LogP contribution in [0.5, 0.6) is 0 Å². The minimum atomic E-state index is -0.639. The van der Waals surface area contributed by atoms with Crippen LogP contribution < -0.4 is 5.32 Å². The van der Waals surface area contributed by atoms with Gasteiger partial charge in [0.1, 0.15) is 6.10 Å². The van der Waals surface area contributed by atoms with E-state index in [-0.39, 0.29) is 18.2 Å². The van der Waals surface area contributed by atoms with Crippen molar-refractivity contribution >= 4 is 11.8 Å². The maximum Gasteiger partial charge on any atom is 0.252 e. The lowest BCUT2D eigenvalue weighted by atomic mass is 10.1. The Kier molecular flexibility index (Phi) is 5.12. The van der Waals surface area contributed by atoms with E-state index in [1.54, 1.807) is 4.90 Å². The van der Waals surface area contributed by atoms with E-state index in [9.17, 15) is 9.59 Å². The third-order valence-electron chi connectivity index (χ3n) is 3.35. The Morgan fingerprint density at radius 2 is 2.15 bits per heavy atom. The molecule has 108 valence electrons. The topological polar surface area (TPSA) is 58.6 Å². The molecule has 2 amide bonds. The van der Waals surface area contributed by atoms with E-state index in [1.807, 2.05) is 37.3 Å². The molecule has 0 bridgehead atoms. The Hall–Kier alpha value is -1.88. The summed E-state index contributed by atoms with van der Waals surface area (Å²) in [4.78, 5) is 25.6. The Balaban J connectivity index is 1.80. The predicted molar refractivity (Wildman–Crippen MR) is 74.9 cm³/mol. The second-order valence-corrected chi connectivity index (χ2v) is 4.74. The van der Waals surface area contributed by atoms with Gasteiger partial charge in [0.05, 0.1) is 13.0 Å². The van der Waals surface area contributed by atoms with Gasteiger partial charge in [0.25, 0.3) is 5.91 Å². The van der Waals surface area contributed by atoms with Gasteiger partial charge in [-0.1, -0.05) is 30.3 Å². The first-order chi connectivity index (χ1) is 9.70. The zero-order chi connectivity index (χ0) is 14.4. The summed E-state index contributed by atoms with van der Waals surface area (Å²) in [5, 5.41) is 2.81. The van der Waals surface area contributed by atoms with Crippen molar-refractivity contribution in [1.82, 2.24) is 10.2 Å². The maximum absolute atomic E-state index is 12.0. The largest absolute Gasteiger partial charge is 0.366 e. The average Bonchev–Trinajstić information content (AvgIpc) is 2.48. The SMILES string of the molecule is CCN1CCO[C@H](CC(=O)NCc2ccccc2)C1=O. The van der Waals surface area contributed by atoms with Gasteiger partial charge in [-0.2, -0.15) is 0 Å². The van der Waals surface area contributed by atoms with Gasteiger partial charge in [-0.25, -0.2) is 0 Å². The minimum Gasteiger partial charge on any atom is -0.366 e. The number of ether oxygens (including phenoxy) is 1. The zero-order valence-electron chi connectivity index (χ0n) is 11.7. The van der Waals surface area contributed by atoms with Crippen LogP contribution in [-0.2, 0) is 20.9 Å². The van der Waals surface area contributed by atoms with E-state index in [0.29, 0.717) is 26.2 Å². The molecule has 0 saturated carbocycles. The average molecular weight is 276 g/mol. The van der Waals surface area contributed by atoms with Crippen LogP contribution in [0.4, 0.5) is 0 Å². The summed E-state index contributed by atoms with van der Waals surface area (Å²) in [6.07, 6.45) is -0.554. The van der Waals surface area contributed by atoms with Crippen LogP contribution in [0.25, 0.3) is 0 Å². The van der Waals surface area contributed by atoms with Gasteiger partial charge in [0.15, 0.2) is 0 Å². The van der Waals surface area contributed by atoms with E-state index < -0.39 is 6.10 Å². The molecule has 2 rings (SSSR count). The van der Waals surface area contributed by atoms with Crippen molar-refractivity contribution in [2.45, 2.75) is 26.0 Å². The number of amides is 2. The fraction of sp³-hybridized carbons (Fsp3) is 0.467. The molecule has 1 aliphatic heterocycles. The Bertz CT molecular complexity index is 461. The van der Waals surface area contributed by atoms with Gasteiger partial charge in [-0.15, -0.1) is 0 Å². The summed E-state index contributed by atoms with van der Waals surface area (Å²) < 4.78 is 5.39. The lowest BCUT2D eigenvalue weighted by Gasteiger charge is -2.31. The number of likely N-dealkylation sites (N-methyl/N-ethyl adjacent to an activating group) is 1. The van der Waals surface area contributed by atoms with Gasteiger partial charge in [0.2, 0.25) is 5.91 Å². The highest BCUT2D eigenvalue weighted by atomic mass is 16.5. The molecule has 0 unspecified atom stereocenters. The highest BCUT2D eigenvalue weighted by Gasteiger charge is 2.30. The van der Waals surface area contributed by atoms with E-state index in [2.05, 4.69) is 5.32 Å². The quantitative estimate of drug-likeness (QED) is 0.870. The third-order valence-corrected chi connectivity index (χ3v) is 3.35. The van der Waals surface area contributed by atoms with Crippen LogP contribution >= 0.6 is 0 Å². The molecule has 1 N–H and O–H groups in total. The van der Waals surface area contributed by atoms with Crippen LogP contribution in [0.3, 0.4) is 0 Å². The van der Waals surface area contributed by atoms with E-state index in [4.69, 9.17) is 4.74 Å². The van der Waals surface area contributed by atoms with E-state index >= 15 is 0 Å². The van der Waals surface area contributed by atoms with Crippen molar-refractivity contribution in [2.24, 2.45) is 0 Å². The number of rotatable bonds is 5. The van der Waals surface area contributed by atoms with E-state index in [0.717, 1.165) is 5.56 Å². The summed E-state index contributed by atoms with van der Waals surface area (Å²) in [5.41, 5.74) is 1.03. The molecule has 5 heteroatoms. The molecule has 20 heavy (non-hydrogen) atoms. The van der Waals surface area contributed by atoms with Crippen LogP contribution in [0.2, 0.25) is 0 Å². The van der Waals surface area contributed by atoms with Crippen molar-refractivity contribution in [3.05, 3.63) is 35.9 Å². The van der Waals surface area contributed by atoms with E-state index in [1.165, 1.54) is 0 Å². The van der Waals surface area contributed by atoms with Crippen LogP contribution in [-0.4, -0.2) is 42.5 Å². The number of carbonyl (C=O) groups excluding carboxylic acids is 2. The Morgan fingerprint density at radius 3 is 2.85 bits per heavy atom. The van der Waals surface area contributed by atoms with Gasteiger partial charge < -0.3 is 15.0 Å². The molecular formula is C15H20N2O3. The standard InChI is InChI=1S/C15H20N2O3/c1-2-17-8-9-20-13(15(17)19)10-14(18)16-11-12-6-4-3-5-7-12/h3-7,13H,2,8-11H2,1H3,(H,16,18)/t13-/m1/s1. The van der Waals surface area contributed by atoms with Gasteiger partial charge in [-0.3, -0.25) is 9.59 Å². The molecule has 0 aliphatic carbocycles. The number of nitrogens with one attached hydrogen (secondary N) is 1. The zero-order valence-corrected chi connectivity index (χ0v) is 11.7. The second kappa shape index (κ2) is 7.05. The van der Waals surface area contributed by atoms with Crippen molar-refractivity contribution in [3.8, 4) is 0 Å². The van der Waals surface area contributed by atoms with Crippen molar-refractivity contribution in [1.29, 1.82) is 0 Å². The summed E-state index contributed by atoms with van der Waals surface area (Å²) in [6, 6.07) is 9.67. The summed E-state index contributed by atoms with van der Waals surface area (Å²) in [5.74, 6) is -0.251. The molecule has 1 aliphatic rings. The first kappa shape index (κ1) is 14.5. The number of benzene rings is 1. The van der Waals surface area contributed by atoms with Gasteiger partial charge >= 0.3 is 0 Å². The number of morpholine rings is 1. The van der Waals surface area contributed by atoms with Crippen LogP contribution in [0.15, 0.2) is 30.3 Å². The molecule has 1 fully saturated rings. The molecule has 0 aromatic heterocycles. The van der Waals surface area contributed by atoms with Crippen molar-refractivity contribution in [2.75, 3.05) is 19.7 Å². The second-order valence-electron chi connectivity index (χ2n) is 4.74.